The number of halogens is 3. The number of carbonyl (C=O) groups is 1. The van der Waals surface area contributed by atoms with Gasteiger partial charge >= 0.3 is 6.18 Å². The second-order valence-corrected chi connectivity index (χ2v) is 13.3. The predicted octanol–water partition coefficient (Wildman–Crippen LogP) is 5.89. The number of benzene rings is 1. The van der Waals surface area contributed by atoms with Crippen molar-refractivity contribution >= 4 is 14.1 Å². The van der Waals surface area contributed by atoms with E-state index in [2.05, 4.69) is 0 Å². The second kappa shape index (κ2) is 9.54. The Morgan fingerprint density at radius 1 is 1.07 bits per heavy atom. The first-order valence-electron chi connectivity index (χ1n) is 9.62. The predicted molar refractivity (Wildman–Crippen MR) is 108 cm³/mol. The zero-order valence-electron chi connectivity index (χ0n) is 17.8. The fourth-order valence-electron chi connectivity index (χ4n) is 3.24. The molecule has 3 nitrogen and oxygen atoms in total. The van der Waals surface area contributed by atoms with Crippen molar-refractivity contribution in [3.8, 4) is 0 Å². The molecule has 28 heavy (non-hydrogen) atoms. The molecule has 1 aliphatic rings. The van der Waals surface area contributed by atoms with Crippen LogP contribution in [0.25, 0.3) is 0 Å². The van der Waals surface area contributed by atoms with E-state index in [0.717, 1.165) is 25.7 Å². The van der Waals surface area contributed by atoms with Crippen molar-refractivity contribution in [2.75, 3.05) is 13.2 Å². The summed E-state index contributed by atoms with van der Waals surface area (Å²) in [5, 5.41) is 0. The van der Waals surface area contributed by atoms with E-state index in [9.17, 15) is 18.0 Å². The van der Waals surface area contributed by atoms with E-state index in [-0.39, 0.29) is 0 Å². The van der Waals surface area contributed by atoms with E-state index in [1.165, 1.54) is 12.8 Å². The quantitative estimate of drug-likeness (QED) is 0.540. The van der Waals surface area contributed by atoms with Gasteiger partial charge in [0, 0.05) is 19.6 Å². The van der Waals surface area contributed by atoms with Crippen molar-refractivity contribution in [1.29, 1.82) is 0 Å². The lowest BCUT2D eigenvalue weighted by Crippen LogP contribution is -2.60. The van der Waals surface area contributed by atoms with Gasteiger partial charge in [0.05, 0.1) is 0 Å². The molecule has 1 atom stereocenters. The Morgan fingerprint density at radius 2 is 1.57 bits per heavy atom. The lowest BCUT2D eigenvalue weighted by Gasteiger charge is -2.43. The molecular weight excluding hydrogens is 385 g/mol. The number of hydrogen-bond donors (Lipinski definition) is 0. The molecule has 1 aromatic rings. The molecule has 0 bridgehead atoms. The van der Waals surface area contributed by atoms with Crippen LogP contribution in [-0.2, 0) is 19.4 Å². The van der Waals surface area contributed by atoms with E-state index >= 15 is 0 Å². The number of hydrogen-bond acceptors (Lipinski definition) is 3. The molecule has 1 aliphatic heterocycles. The molecule has 0 saturated carbocycles. The van der Waals surface area contributed by atoms with Crippen LogP contribution in [0.5, 0.6) is 0 Å². The average Bonchev–Trinajstić information content (AvgIpc) is 3.12. The standard InChI is InChI=1S/C17H25F3O2Si.C4H8O/c1-13(21)16(17(18,19)20,22-23(4,5)6)12-15(2,3)14-10-8-7-9-11-14;1-2-4-5-3-1/h7-11H,12H2,1-6H3;1-4H2. The highest BCUT2D eigenvalue weighted by Gasteiger charge is 2.62. The van der Waals surface area contributed by atoms with Crippen LogP contribution in [0.4, 0.5) is 13.2 Å². The van der Waals surface area contributed by atoms with E-state index in [4.69, 9.17) is 9.16 Å². The number of ketones is 1. The van der Waals surface area contributed by atoms with Crippen molar-refractivity contribution in [2.45, 2.75) is 76.9 Å². The van der Waals surface area contributed by atoms with Gasteiger partial charge in [0.2, 0.25) is 5.60 Å². The Labute approximate surface area is 167 Å². The van der Waals surface area contributed by atoms with Crippen LogP contribution in [0.2, 0.25) is 19.6 Å². The SMILES string of the molecule is C1CCOC1.CC(=O)C(CC(C)(C)c1ccccc1)(O[Si](C)(C)C)C(F)(F)F. The molecule has 1 fully saturated rings. The fourth-order valence-corrected chi connectivity index (χ4v) is 4.61. The van der Waals surface area contributed by atoms with Crippen LogP contribution >= 0.6 is 0 Å². The largest absolute Gasteiger partial charge is 0.423 e. The molecule has 0 aromatic heterocycles. The lowest BCUT2D eigenvalue weighted by molar-refractivity contribution is -0.248. The van der Waals surface area contributed by atoms with E-state index in [0.29, 0.717) is 0 Å². The third-order valence-electron chi connectivity index (χ3n) is 4.58. The summed E-state index contributed by atoms with van der Waals surface area (Å²) in [4.78, 5) is 12.1. The fraction of sp³-hybridized carbons (Fsp3) is 0.667. The first kappa shape index (κ1) is 24.9. The minimum atomic E-state index is -4.76. The number of Topliss-reactive ketones (excluding diaryl/α,β-unsaturated/α-hetero) is 1. The smallest absolute Gasteiger partial charge is 0.398 e. The number of alkyl halides is 3. The number of rotatable bonds is 6. The molecule has 2 rings (SSSR count). The van der Waals surface area contributed by atoms with E-state index in [1.807, 2.05) is 0 Å². The minimum absolute atomic E-state index is 0.437. The van der Waals surface area contributed by atoms with Crippen molar-refractivity contribution in [2.24, 2.45) is 0 Å². The highest BCUT2D eigenvalue weighted by molar-refractivity contribution is 6.70. The maximum atomic E-state index is 13.9. The Balaban J connectivity index is 0.000000674. The van der Waals surface area contributed by atoms with E-state index < -0.39 is 37.7 Å². The Kier molecular flexibility index (Phi) is 8.47. The van der Waals surface area contributed by atoms with Gasteiger partial charge < -0.3 is 9.16 Å². The third-order valence-corrected chi connectivity index (χ3v) is 5.54. The van der Waals surface area contributed by atoms with Crippen molar-refractivity contribution < 1.29 is 27.1 Å². The summed E-state index contributed by atoms with van der Waals surface area (Å²) in [6.45, 7) is 11.4. The Hall–Kier alpha value is -1.18. The summed E-state index contributed by atoms with van der Waals surface area (Å²) in [6, 6.07) is 8.91. The summed E-state index contributed by atoms with van der Waals surface area (Å²) in [7, 11) is -2.61. The topological polar surface area (TPSA) is 35.5 Å². The zero-order chi connectivity index (χ0) is 21.6. The van der Waals surface area contributed by atoms with Crippen LogP contribution in [-0.4, -0.2) is 39.1 Å². The summed E-state index contributed by atoms with van der Waals surface area (Å²) < 4.78 is 52.1. The van der Waals surface area contributed by atoms with Gasteiger partial charge in [-0.25, -0.2) is 0 Å². The maximum absolute atomic E-state index is 13.9. The molecule has 0 N–H and O–H groups in total. The number of carbonyl (C=O) groups excluding carboxylic acids is 1. The molecule has 0 spiro atoms. The summed E-state index contributed by atoms with van der Waals surface area (Å²) in [5.74, 6) is -0.989. The summed E-state index contributed by atoms with van der Waals surface area (Å²) in [6.07, 6.45) is -2.64. The normalized spacial score (nSPS) is 17.5. The molecule has 0 radical (unpaired) electrons. The van der Waals surface area contributed by atoms with Gasteiger partial charge in [0.25, 0.3) is 0 Å². The highest BCUT2D eigenvalue weighted by Crippen LogP contribution is 2.45. The summed E-state index contributed by atoms with van der Waals surface area (Å²) in [5.41, 5.74) is -2.88. The Morgan fingerprint density at radius 3 is 1.89 bits per heavy atom. The van der Waals surface area contributed by atoms with E-state index in [1.54, 1.807) is 63.8 Å². The van der Waals surface area contributed by atoms with Crippen molar-refractivity contribution in [3.05, 3.63) is 35.9 Å². The minimum Gasteiger partial charge on any atom is -0.398 e. The summed E-state index contributed by atoms with van der Waals surface area (Å²) >= 11 is 0. The molecule has 160 valence electrons. The molecule has 1 unspecified atom stereocenters. The van der Waals surface area contributed by atoms with Gasteiger partial charge in [-0.15, -0.1) is 0 Å². The number of ether oxygens (including phenoxy) is 1. The van der Waals surface area contributed by atoms with Crippen LogP contribution in [0, 0.1) is 0 Å². The van der Waals surface area contributed by atoms with Gasteiger partial charge in [-0.1, -0.05) is 44.2 Å². The molecule has 7 heteroatoms. The first-order chi connectivity index (χ1) is 12.7. The van der Waals surface area contributed by atoms with Crippen LogP contribution < -0.4 is 0 Å². The molecule has 1 saturated heterocycles. The van der Waals surface area contributed by atoms with Gasteiger partial charge in [0.15, 0.2) is 14.1 Å². The van der Waals surface area contributed by atoms with Crippen LogP contribution in [0.3, 0.4) is 0 Å². The van der Waals surface area contributed by atoms with Crippen molar-refractivity contribution in [1.82, 2.24) is 0 Å². The molecule has 0 aliphatic carbocycles. The van der Waals surface area contributed by atoms with Crippen LogP contribution in [0.1, 0.15) is 45.6 Å². The molecule has 0 amide bonds. The molecular formula is C21H33F3O3Si. The third kappa shape index (κ3) is 7.01. The molecule has 1 aromatic carbocycles. The monoisotopic (exact) mass is 418 g/mol. The second-order valence-electron chi connectivity index (χ2n) is 8.84. The lowest BCUT2D eigenvalue weighted by atomic mass is 9.74. The van der Waals surface area contributed by atoms with Crippen molar-refractivity contribution in [3.63, 3.8) is 0 Å². The van der Waals surface area contributed by atoms with Crippen LogP contribution in [0.15, 0.2) is 30.3 Å². The van der Waals surface area contributed by atoms with Gasteiger partial charge in [0.1, 0.15) is 0 Å². The zero-order valence-corrected chi connectivity index (χ0v) is 18.8. The average molecular weight is 419 g/mol. The first-order valence-corrected chi connectivity index (χ1v) is 13.0. The maximum Gasteiger partial charge on any atom is 0.423 e. The van der Waals surface area contributed by atoms with Gasteiger partial charge in [-0.05, 0) is 50.4 Å². The van der Waals surface area contributed by atoms with Gasteiger partial charge in [-0.2, -0.15) is 13.2 Å². The highest BCUT2D eigenvalue weighted by atomic mass is 28.4. The van der Waals surface area contributed by atoms with Gasteiger partial charge in [-0.3, -0.25) is 4.79 Å². The Bertz CT molecular complexity index is 612. The molecule has 1 heterocycles.